The van der Waals surface area contributed by atoms with Gasteiger partial charge in [-0.1, -0.05) is 44.4 Å². The molecule has 3 heteroatoms. The number of ether oxygens (including phenoxy) is 1. The monoisotopic (exact) mass is 277 g/mol. The average molecular weight is 277 g/mol. The minimum absolute atomic E-state index is 0.368. The van der Waals surface area contributed by atoms with E-state index in [0.29, 0.717) is 19.2 Å². The molecule has 20 heavy (non-hydrogen) atoms. The second kappa shape index (κ2) is 8.28. The van der Waals surface area contributed by atoms with Gasteiger partial charge in [-0.3, -0.25) is 4.90 Å². The number of nitrogens with zero attached hydrogens (tertiary/aromatic N) is 1. The molecule has 0 amide bonds. The Labute approximate surface area is 122 Å². The molecule has 1 aliphatic rings. The molecule has 1 fully saturated rings. The van der Waals surface area contributed by atoms with Gasteiger partial charge in [0.05, 0.1) is 0 Å². The molecular weight excluding hydrogens is 250 g/mol. The number of likely N-dealkylation sites (N-methyl/N-ethyl adjacent to an activating group) is 1. The van der Waals surface area contributed by atoms with Crippen molar-refractivity contribution in [2.75, 3.05) is 19.7 Å². The third-order valence-electron chi connectivity index (χ3n) is 4.13. The highest BCUT2D eigenvalue weighted by Crippen LogP contribution is 2.22. The first kappa shape index (κ1) is 15.3. The van der Waals surface area contributed by atoms with E-state index in [2.05, 4.69) is 11.8 Å². The lowest BCUT2D eigenvalue weighted by Crippen LogP contribution is -2.43. The molecule has 1 atom stereocenters. The molecule has 2 rings (SSSR count). The Kier molecular flexibility index (Phi) is 6.34. The van der Waals surface area contributed by atoms with Crippen molar-refractivity contribution >= 4 is 0 Å². The highest BCUT2D eigenvalue weighted by Gasteiger charge is 2.22. The molecule has 1 aromatic carbocycles. The average Bonchev–Trinajstić information content (AvgIpc) is 2.52. The quantitative estimate of drug-likeness (QED) is 0.831. The van der Waals surface area contributed by atoms with E-state index in [1.165, 1.54) is 32.1 Å². The third kappa shape index (κ3) is 4.80. The van der Waals surface area contributed by atoms with E-state index in [4.69, 9.17) is 4.74 Å². The maximum atomic E-state index is 10.2. The Bertz CT molecular complexity index is 363. The first-order valence-electron chi connectivity index (χ1n) is 7.89. The molecule has 1 saturated carbocycles. The number of para-hydroxylation sites is 1. The lowest BCUT2D eigenvalue weighted by molar-refractivity contribution is 0.0463. The van der Waals surface area contributed by atoms with Gasteiger partial charge in [0, 0.05) is 12.6 Å². The third-order valence-corrected chi connectivity index (χ3v) is 4.13. The van der Waals surface area contributed by atoms with Crippen LogP contribution in [0.25, 0.3) is 0 Å². The van der Waals surface area contributed by atoms with Crippen LogP contribution in [-0.4, -0.2) is 41.8 Å². The smallest absolute Gasteiger partial charge is 0.119 e. The molecule has 0 aromatic heterocycles. The van der Waals surface area contributed by atoms with E-state index >= 15 is 0 Å². The summed E-state index contributed by atoms with van der Waals surface area (Å²) in [4.78, 5) is 2.41. The minimum Gasteiger partial charge on any atom is -0.491 e. The normalized spacial score (nSPS) is 18.1. The van der Waals surface area contributed by atoms with Gasteiger partial charge >= 0.3 is 0 Å². The lowest BCUT2D eigenvalue weighted by Gasteiger charge is -2.34. The van der Waals surface area contributed by atoms with Crippen molar-refractivity contribution in [3.8, 4) is 5.75 Å². The van der Waals surface area contributed by atoms with E-state index in [1.54, 1.807) is 0 Å². The summed E-state index contributed by atoms with van der Waals surface area (Å²) in [7, 11) is 0. The molecule has 112 valence electrons. The van der Waals surface area contributed by atoms with Crippen LogP contribution in [0.2, 0.25) is 0 Å². The molecule has 0 aliphatic heterocycles. The van der Waals surface area contributed by atoms with E-state index in [-0.39, 0.29) is 0 Å². The first-order valence-corrected chi connectivity index (χ1v) is 7.89. The highest BCUT2D eigenvalue weighted by molar-refractivity contribution is 5.20. The van der Waals surface area contributed by atoms with Gasteiger partial charge in [0.1, 0.15) is 18.5 Å². The summed E-state index contributed by atoms with van der Waals surface area (Å²) >= 11 is 0. The van der Waals surface area contributed by atoms with Gasteiger partial charge in [-0.05, 0) is 31.5 Å². The lowest BCUT2D eigenvalue weighted by atomic mass is 9.94. The van der Waals surface area contributed by atoms with Crippen LogP contribution in [0.3, 0.4) is 0 Å². The van der Waals surface area contributed by atoms with Crippen molar-refractivity contribution in [3.63, 3.8) is 0 Å². The molecule has 0 saturated heterocycles. The van der Waals surface area contributed by atoms with Crippen molar-refractivity contribution in [1.82, 2.24) is 4.90 Å². The molecule has 0 heterocycles. The fourth-order valence-electron chi connectivity index (χ4n) is 3.02. The van der Waals surface area contributed by atoms with Crippen LogP contribution >= 0.6 is 0 Å². The Hall–Kier alpha value is -1.06. The molecule has 0 radical (unpaired) electrons. The summed E-state index contributed by atoms with van der Waals surface area (Å²) < 4.78 is 5.62. The molecule has 1 N–H and O–H groups in total. The van der Waals surface area contributed by atoms with E-state index in [0.717, 1.165) is 12.3 Å². The Morgan fingerprint density at radius 1 is 1.20 bits per heavy atom. The van der Waals surface area contributed by atoms with E-state index in [9.17, 15) is 5.11 Å². The number of aliphatic hydroxyl groups excluding tert-OH is 1. The van der Waals surface area contributed by atoms with Crippen LogP contribution in [0.4, 0.5) is 0 Å². The van der Waals surface area contributed by atoms with Gasteiger partial charge in [-0.25, -0.2) is 0 Å². The van der Waals surface area contributed by atoms with Gasteiger partial charge in [-0.15, -0.1) is 0 Å². The summed E-state index contributed by atoms with van der Waals surface area (Å²) in [6.45, 7) is 4.27. The van der Waals surface area contributed by atoms with Crippen molar-refractivity contribution in [2.45, 2.75) is 51.2 Å². The second-order valence-corrected chi connectivity index (χ2v) is 5.66. The Morgan fingerprint density at radius 3 is 2.55 bits per heavy atom. The van der Waals surface area contributed by atoms with E-state index < -0.39 is 6.10 Å². The number of rotatable bonds is 7. The predicted molar refractivity (Wildman–Crippen MR) is 82.1 cm³/mol. The van der Waals surface area contributed by atoms with Crippen LogP contribution in [-0.2, 0) is 0 Å². The van der Waals surface area contributed by atoms with Gasteiger partial charge in [0.2, 0.25) is 0 Å². The van der Waals surface area contributed by atoms with Crippen LogP contribution in [0.15, 0.2) is 30.3 Å². The second-order valence-electron chi connectivity index (χ2n) is 5.66. The largest absolute Gasteiger partial charge is 0.491 e. The molecule has 1 aliphatic carbocycles. The maximum absolute atomic E-state index is 10.2. The molecular formula is C17H27NO2. The zero-order valence-electron chi connectivity index (χ0n) is 12.5. The predicted octanol–water partition coefficient (Wildman–Crippen LogP) is 3.08. The van der Waals surface area contributed by atoms with Crippen molar-refractivity contribution in [1.29, 1.82) is 0 Å². The fraction of sp³-hybridized carbons (Fsp3) is 0.647. The van der Waals surface area contributed by atoms with Crippen LogP contribution in [0, 0.1) is 0 Å². The van der Waals surface area contributed by atoms with Crippen molar-refractivity contribution in [3.05, 3.63) is 30.3 Å². The SMILES string of the molecule is CCN(C[C@@H](O)COc1ccccc1)C1CCCCC1. The molecule has 0 spiro atoms. The highest BCUT2D eigenvalue weighted by atomic mass is 16.5. The van der Waals surface area contributed by atoms with Gasteiger partial charge in [-0.2, -0.15) is 0 Å². The summed E-state index contributed by atoms with van der Waals surface area (Å²) in [5, 5.41) is 10.2. The first-order chi connectivity index (χ1) is 9.79. The number of hydrogen-bond acceptors (Lipinski definition) is 3. The topological polar surface area (TPSA) is 32.7 Å². The van der Waals surface area contributed by atoms with Crippen molar-refractivity contribution in [2.24, 2.45) is 0 Å². The summed E-state index contributed by atoms with van der Waals surface area (Å²) in [6, 6.07) is 10.4. The standard InChI is InChI=1S/C17H27NO2/c1-2-18(15-9-5-3-6-10-15)13-16(19)14-20-17-11-7-4-8-12-17/h4,7-8,11-12,15-16,19H,2-3,5-6,9-10,13-14H2,1H3/t16-/m1/s1. The summed E-state index contributed by atoms with van der Waals surface area (Å²) in [5.41, 5.74) is 0. The van der Waals surface area contributed by atoms with Crippen LogP contribution in [0.5, 0.6) is 5.75 Å². The molecule has 1 aromatic rings. The number of hydrogen-bond donors (Lipinski definition) is 1. The van der Waals surface area contributed by atoms with Gasteiger partial charge < -0.3 is 9.84 Å². The number of aliphatic hydroxyl groups is 1. The zero-order valence-corrected chi connectivity index (χ0v) is 12.5. The Morgan fingerprint density at radius 2 is 1.90 bits per heavy atom. The van der Waals surface area contributed by atoms with Gasteiger partial charge in [0.15, 0.2) is 0 Å². The van der Waals surface area contributed by atoms with E-state index in [1.807, 2.05) is 30.3 Å². The zero-order chi connectivity index (χ0) is 14.2. The van der Waals surface area contributed by atoms with Crippen LogP contribution in [0.1, 0.15) is 39.0 Å². The van der Waals surface area contributed by atoms with Crippen LogP contribution < -0.4 is 4.74 Å². The molecule has 3 nitrogen and oxygen atoms in total. The summed E-state index contributed by atoms with van der Waals surface area (Å²) in [6.07, 6.45) is 6.17. The minimum atomic E-state index is -0.419. The van der Waals surface area contributed by atoms with Crippen molar-refractivity contribution < 1.29 is 9.84 Å². The Balaban J connectivity index is 1.75. The maximum Gasteiger partial charge on any atom is 0.119 e. The molecule has 0 bridgehead atoms. The molecule has 0 unspecified atom stereocenters. The van der Waals surface area contributed by atoms with Gasteiger partial charge in [0.25, 0.3) is 0 Å². The summed E-state index contributed by atoms with van der Waals surface area (Å²) in [5.74, 6) is 0.826. The number of benzene rings is 1. The fourth-order valence-corrected chi connectivity index (χ4v) is 3.02.